The van der Waals surface area contributed by atoms with Crippen LogP contribution in [0.4, 0.5) is 11.4 Å². The largest absolute Gasteiger partial charge is 0.343 e. The van der Waals surface area contributed by atoms with Crippen molar-refractivity contribution in [3.8, 4) is 33.6 Å². The molecule has 312 valence electrons. The normalized spacial score (nSPS) is 12.8. The van der Waals surface area contributed by atoms with Gasteiger partial charge in [0.15, 0.2) is 0 Å². The molecule has 0 bridgehead atoms. The van der Waals surface area contributed by atoms with E-state index in [4.69, 9.17) is 0 Å². The smallest absolute Gasteiger partial charge is 0.0626 e. The second-order valence-electron chi connectivity index (χ2n) is 18.1. The molecule has 0 radical (unpaired) electrons. The Morgan fingerprint density at radius 1 is 0.328 bits per heavy atom. The zero-order chi connectivity index (χ0) is 43.9. The second kappa shape index (κ2) is 13.9. The maximum absolute atomic E-state index is 2.52. The molecule has 3 heterocycles. The summed E-state index contributed by atoms with van der Waals surface area (Å²) in [5, 5.41) is 15.3. The van der Waals surface area contributed by atoms with Gasteiger partial charge in [0.1, 0.15) is 0 Å². The number of fused-ring (bicyclic) bond motifs is 11. The summed E-state index contributed by atoms with van der Waals surface area (Å²) in [7, 11) is 2.19. The van der Waals surface area contributed by atoms with Gasteiger partial charge < -0.3 is 14.0 Å². The predicted molar refractivity (Wildman–Crippen MR) is 286 cm³/mol. The van der Waals surface area contributed by atoms with Gasteiger partial charge in [0.05, 0.1) is 39.1 Å². The molecule has 0 fully saturated rings. The molecule has 0 spiro atoms. The Hall–Kier alpha value is -8.31. The SMILES string of the molecule is CN1c2ccc(-c3ccc4c(c3)c3ccccc3n4-c3cc4cccc5c4c4c3cccc4c3c4ccccc4n(-c4ccccc4)c53)cc2Sc2cc(-c3cccc4ccccc34)ccc21. The summed E-state index contributed by atoms with van der Waals surface area (Å²) in [5.41, 5.74) is 14.7. The van der Waals surface area contributed by atoms with Gasteiger partial charge in [-0.25, -0.2) is 0 Å². The van der Waals surface area contributed by atoms with Crippen molar-refractivity contribution in [2.45, 2.75) is 9.79 Å². The summed E-state index contributed by atoms with van der Waals surface area (Å²) >= 11 is 1.87. The molecule has 1 aliphatic rings. The molecule has 15 rings (SSSR count). The van der Waals surface area contributed by atoms with E-state index in [1.54, 1.807) is 0 Å². The van der Waals surface area contributed by atoms with Crippen molar-refractivity contribution in [1.29, 1.82) is 0 Å². The number of hydrogen-bond donors (Lipinski definition) is 0. The third-order valence-electron chi connectivity index (χ3n) is 14.6. The van der Waals surface area contributed by atoms with Crippen molar-refractivity contribution in [2.75, 3.05) is 11.9 Å². The highest BCUT2D eigenvalue weighted by Gasteiger charge is 2.25. The first kappa shape index (κ1) is 37.0. The second-order valence-corrected chi connectivity index (χ2v) is 19.2. The predicted octanol–water partition coefficient (Wildman–Crippen LogP) is 17.5. The summed E-state index contributed by atoms with van der Waals surface area (Å²) in [5.74, 6) is 0. The minimum Gasteiger partial charge on any atom is -0.343 e. The first-order valence-electron chi connectivity index (χ1n) is 23.1. The van der Waals surface area contributed by atoms with Crippen molar-refractivity contribution in [2.24, 2.45) is 0 Å². The topological polar surface area (TPSA) is 13.1 Å². The number of hydrogen-bond acceptors (Lipinski definition) is 2. The molecule has 0 saturated heterocycles. The number of benzene rings is 12. The Balaban J connectivity index is 0.898. The molecule has 2 aromatic heterocycles. The quantitative estimate of drug-likeness (QED) is 0.164. The molecule has 67 heavy (non-hydrogen) atoms. The van der Waals surface area contributed by atoms with Gasteiger partial charge >= 0.3 is 0 Å². The zero-order valence-corrected chi connectivity index (χ0v) is 37.4. The molecule has 14 aromatic rings. The Kier molecular flexibility index (Phi) is 7.64. The summed E-state index contributed by atoms with van der Waals surface area (Å²) < 4.78 is 4.99. The van der Waals surface area contributed by atoms with E-state index >= 15 is 0 Å². The first-order chi connectivity index (χ1) is 33.2. The monoisotopic (exact) mass is 869 g/mol. The lowest BCUT2D eigenvalue weighted by atomic mass is 9.90. The molecule has 0 amide bonds. The van der Waals surface area contributed by atoms with Gasteiger partial charge in [-0.15, -0.1) is 0 Å². The highest BCUT2D eigenvalue weighted by atomic mass is 32.2. The van der Waals surface area contributed by atoms with Crippen LogP contribution >= 0.6 is 11.8 Å². The van der Waals surface area contributed by atoms with Crippen LogP contribution in [0.1, 0.15) is 0 Å². The van der Waals surface area contributed by atoms with E-state index in [-0.39, 0.29) is 0 Å². The Morgan fingerprint density at radius 3 is 1.76 bits per heavy atom. The number of aromatic nitrogens is 2. The van der Waals surface area contributed by atoms with Crippen molar-refractivity contribution in [3.63, 3.8) is 0 Å². The standard InChI is InChI=1S/C63H39N3S/c1-64-55-32-29-40(36-58(55)67-59-37-41(30-33-56(59)64)45-22-11-15-38-14-5-6-19-44(38)45)39-28-31-54-51(34-39)46-20-7-9-26-52(46)66(54)57-35-42-16-12-25-50-60(42)61-48(57)23-13-24-49(61)62-47-21-8-10-27-53(47)65(63(50)62)43-17-3-2-4-18-43/h2-37H,1H3. The third kappa shape index (κ3) is 5.19. The van der Waals surface area contributed by atoms with Gasteiger partial charge in [-0.05, 0) is 116 Å². The van der Waals surface area contributed by atoms with Gasteiger partial charge in [0.25, 0.3) is 0 Å². The summed E-state index contributed by atoms with van der Waals surface area (Å²) in [6, 6.07) is 81.3. The fraction of sp³-hybridized carbons (Fsp3) is 0.0159. The van der Waals surface area contributed by atoms with E-state index in [0.29, 0.717) is 0 Å². The third-order valence-corrected chi connectivity index (χ3v) is 15.7. The van der Waals surface area contributed by atoms with Crippen LogP contribution in [0.5, 0.6) is 0 Å². The lowest BCUT2D eigenvalue weighted by molar-refractivity contribution is 1.11. The van der Waals surface area contributed by atoms with Crippen LogP contribution in [0.2, 0.25) is 0 Å². The van der Waals surface area contributed by atoms with E-state index in [0.717, 1.165) is 0 Å². The van der Waals surface area contributed by atoms with Gasteiger partial charge in [-0.2, -0.15) is 0 Å². The molecular formula is C63H39N3S. The molecule has 4 heteroatoms. The van der Waals surface area contributed by atoms with Gasteiger partial charge in [0.2, 0.25) is 0 Å². The summed E-state index contributed by atoms with van der Waals surface area (Å²) in [6.07, 6.45) is 0. The van der Waals surface area contributed by atoms with Crippen molar-refractivity contribution in [3.05, 3.63) is 218 Å². The molecule has 0 saturated carbocycles. The minimum absolute atomic E-state index is 1.17. The average molecular weight is 870 g/mol. The molecule has 0 atom stereocenters. The summed E-state index contributed by atoms with van der Waals surface area (Å²) in [6.45, 7) is 0. The maximum atomic E-state index is 2.52. The molecular weight excluding hydrogens is 831 g/mol. The van der Waals surface area contributed by atoms with E-state index < -0.39 is 0 Å². The Labute approximate surface area is 390 Å². The highest BCUT2D eigenvalue weighted by molar-refractivity contribution is 7.99. The van der Waals surface area contributed by atoms with E-state index in [2.05, 4.69) is 239 Å². The lowest BCUT2D eigenvalue weighted by Crippen LogP contribution is -2.14. The minimum atomic E-state index is 1.17. The van der Waals surface area contributed by atoms with E-state index in [1.807, 2.05) is 11.8 Å². The highest BCUT2D eigenvalue weighted by Crippen LogP contribution is 2.51. The van der Waals surface area contributed by atoms with Gasteiger partial charge in [-0.3, -0.25) is 0 Å². The lowest BCUT2D eigenvalue weighted by Gasteiger charge is -2.30. The number of anilines is 2. The van der Waals surface area contributed by atoms with Crippen LogP contribution in [-0.4, -0.2) is 16.2 Å². The average Bonchev–Trinajstić information content (AvgIpc) is 3.91. The Bertz CT molecular complexity index is 4380. The van der Waals surface area contributed by atoms with E-state index in [1.165, 1.54) is 141 Å². The zero-order valence-electron chi connectivity index (χ0n) is 36.5. The van der Waals surface area contributed by atoms with Crippen LogP contribution in [0.15, 0.2) is 228 Å². The Morgan fingerprint density at radius 2 is 0.910 bits per heavy atom. The fourth-order valence-corrected chi connectivity index (χ4v) is 12.9. The van der Waals surface area contributed by atoms with Gasteiger partial charge in [0, 0.05) is 60.2 Å². The molecule has 1 aliphatic heterocycles. The number of nitrogens with zero attached hydrogens (tertiary/aromatic N) is 3. The molecule has 0 aliphatic carbocycles. The van der Waals surface area contributed by atoms with Crippen molar-refractivity contribution >= 4 is 110 Å². The van der Waals surface area contributed by atoms with Crippen LogP contribution in [0.25, 0.3) is 120 Å². The molecule has 0 N–H and O–H groups in total. The van der Waals surface area contributed by atoms with Gasteiger partial charge in [-0.1, -0.05) is 163 Å². The molecule has 12 aromatic carbocycles. The molecule has 0 unspecified atom stereocenters. The van der Waals surface area contributed by atoms with Crippen molar-refractivity contribution in [1.82, 2.24) is 9.13 Å². The number of para-hydroxylation sites is 3. The molecule has 3 nitrogen and oxygen atoms in total. The first-order valence-corrected chi connectivity index (χ1v) is 23.9. The maximum Gasteiger partial charge on any atom is 0.0626 e. The van der Waals surface area contributed by atoms with E-state index in [9.17, 15) is 0 Å². The van der Waals surface area contributed by atoms with Crippen LogP contribution in [-0.2, 0) is 0 Å². The van der Waals surface area contributed by atoms with Crippen molar-refractivity contribution < 1.29 is 0 Å². The van der Waals surface area contributed by atoms with Crippen LogP contribution < -0.4 is 4.90 Å². The van der Waals surface area contributed by atoms with Crippen LogP contribution in [0, 0.1) is 0 Å². The summed E-state index contributed by atoms with van der Waals surface area (Å²) in [4.78, 5) is 4.88. The fourth-order valence-electron chi connectivity index (χ4n) is 11.7. The number of rotatable bonds is 4. The van der Waals surface area contributed by atoms with Crippen LogP contribution in [0.3, 0.4) is 0 Å².